The van der Waals surface area contributed by atoms with Crippen LogP contribution >= 0.6 is 11.6 Å². The van der Waals surface area contributed by atoms with Gasteiger partial charge in [0.15, 0.2) is 0 Å². The Bertz CT molecular complexity index is 625. The van der Waals surface area contributed by atoms with Crippen LogP contribution in [-0.2, 0) is 0 Å². The number of benzene rings is 2. The molecule has 0 aliphatic carbocycles. The van der Waals surface area contributed by atoms with Crippen molar-refractivity contribution in [1.82, 2.24) is 0 Å². The highest BCUT2D eigenvalue weighted by Crippen LogP contribution is 2.30. The highest BCUT2D eigenvalue weighted by atomic mass is 35.5. The van der Waals surface area contributed by atoms with E-state index in [1.165, 1.54) is 33.5 Å². The molecule has 22 heavy (non-hydrogen) atoms. The van der Waals surface area contributed by atoms with E-state index >= 15 is 0 Å². The van der Waals surface area contributed by atoms with Gasteiger partial charge in [0.2, 0.25) is 0 Å². The molecule has 0 saturated carbocycles. The van der Waals surface area contributed by atoms with Gasteiger partial charge in [-0.15, -0.1) is 11.6 Å². The number of hydrogen-bond acceptors (Lipinski definition) is 1. The largest absolute Gasteiger partial charge is 0.370 e. The van der Waals surface area contributed by atoms with E-state index in [2.05, 4.69) is 75.9 Å². The zero-order chi connectivity index (χ0) is 16.3. The number of hydrogen-bond donors (Lipinski definition) is 0. The van der Waals surface area contributed by atoms with Crippen molar-refractivity contribution in [2.45, 2.75) is 40.0 Å². The lowest BCUT2D eigenvalue weighted by Gasteiger charge is -2.27. The number of halogens is 1. The van der Waals surface area contributed by atoms with Gasteiger partial charge in [-0.05, 0) is 69.0 Å². The number of rotatable bonds is 5. The predicted octanol–water partition coefficient (Wildman–Crippen LogP) is 5.73. The van der Waals surface area contributed by atoms with E-state index in [1.54, 1.807) is 0 Å². The quantitative estimate of drug-likeness (QED) is 0.637. The molecule has 1 nitrogen and oxygen atoms in total. The first-order valence-corrected chi connectivity index (χ1v) is 8.39. The number of aryl methyl sites for hydroxylation is 4. The summed E-state index contributed by atoms with van der Waals surface area (Å²) in [5, 5.41) is 0.000984. The van der Waals surface area contributed by atoms with Gasteiger partial charge in [-0.1, -0.05) is 29.8 Å². The van der Waals surface area contributed by atoms with Crippen molar-refractivity contribution in [3.63, 3.8) is 0 Å². The molecule has 2 heteroatoms. The van der Waals surface area contributed by atoms with Gasteiger partial charge in [0.05, 0.1) is 5.38 Å². The Balaban J connectivity index is 2.25. The van der Waals surface area contributed by atoms with Gasteiger partial charge in [-0.2, -0.15) is 0 Å². The Morgan fingerprint density at radius 2 is 1.59 bits per heavy atom. The fourth-order valence-electron chi connectivity index (χ4n) is 3.21. The lowest BCUT2D eigenvalue weighted by Crippen LogP contribution is -2.27. The second-order valence-electron chi connectivity index (χ2n) is 6.16. The van der Waals surface area contributed by atoms with Crippen molar-refractivity contribution in [3.8, 4) is 0 Å². The summed E-state index contributed by atoms with van der Waals surface area (Å²) >= 11 is 6.79. The van der Waals surface area contributed by atoms with Crippen LogP contribution in [0.4, 0.5) is 5.69 Å². The van der Waals surface area contributed by atoms with Crippen LogP contribution in [0.3, 0.4) is 0 Å². The minimum Gasteiger partial charge on any atom is -0.370 e. The van der Waals surface area contributed by atoms with E-state index in [9.17, 15) is 0 Å². The first kappa shape index (κ1) is 16.9. The van der Waals surface area contributed by atoms with E-state index in [4.69, 9.17) is 11.6 Å². The van der Waals surface area contributed by atoms with Gasteiger partial charge in [0, 0.05) is 18.8 Å². The van der Waals surface area contributed by atoms with Crippen molar-refractivity contribution in [2.24, 2.45) is 0 Å². The summed E-state index contributed by atoms with van der Waals surface area (Å²) in [5.74, 6) is 0. The summed E-state index contributed by atoms with van der Waals surface area (Å²) in [6, 6.07) is 13.1. The van der Waals surface area contributed by atoms with Gasteiger partial charge < -0.3 is 4.90 Å². The molecule has 0 bridgehead atoms. The van der Waals surface area contributed by atoms with Gasteiger partial charge in [0.25, 0.3) is 0 Å². The van der Waals surface area contributed by atoms with Crippen LogP contribution in [0.5, 0.6) is 0 Å². The number of anilines is 1. The van der Waals surface area contributed by atoms with E-state index in [0.29, 0.717) is 0 Å². The Morgan fingerprint density at radius 1 is 0.955 bits per heavy atom. The molecular formula is C20H26ClN. The van der Waals surface area contributed by atoms with Gasteiger partial charge in [-0.25, -0.2) is 0 Å². The van der Waals surface area contributed by atoms with Crippen molar-refractivity contribution in [3.05, 3.63) is 64.2 Å². The third-order valence-corrected chi connectivity index (χ3v) is 4.54. The van der Waals surface area contributed by atoms with Gasteiger partial charge in [0.1, 0.15) is 0 Å². The lowest BCUT2D eigenvalue weighted by molar-refractivity contribution is 0.783. The van der Waals surface area contributed by atoms with Crippen molar-refractivity contribution in [1.29, 1.82) is 0 Å². The number of likely N-dealkylation sites (N-methyl/N-ethyl adjacent to an activating group) is 1. The molecule has 0 spiro atoms. The molecule has 118 valence electrons. The summed E-state index contributed by atoms with van der Waals surface area (Å²) in [4.78, 5) is 2.35. The molecule has 0 N–H and O–H groups in total. The molecule has 0 amide bonds. The van der Waals surface area contributed by atoms with Crippen LogP contribution < -0.4 is 4.90 Å². The first-order chi connectivity index (χ1) is 10.4. The second kappa shape index (κ2) is 7.19. The second-order valence-corrected chi connectivity index (χ2v) is 6.68. The summed E-state index contributed by atoms with van der Waals surface area (Å²) in [6.07, 6.45) is 0. The maximum Gasteiger partial charge on any atom is 0.0765 e. The Morgan fingerprint density at radius 3 is 2.14 bits per heavy atom. The highest BCUT2D eigenvalue weighted by molar-refractivity contribution is 6.21. The molecule has 0 fully saturated rings. The van der Waals surface area contributed by atoms with Crippen LogP contribution in [0, 0.1) is 27.7 Å². The SMILES string of the molecule is CCN(CC(Cl)c1c(C)cc(C)cc1C)c1cccc(C)c1. The molecule has 0 heterocycles. The Kier molecular flexibility index (Phi) is 5.52. The molecule has 0 aliphatic heterocycles. The summed E-state index contributed by atoms with van der Waals surface area (Å²) < 4.78 is 0. The molecule has 2 aromatic carbocycles. The minimum absolute atomic E-state index is 0.000984. The smallest absolute Gasteiger partial charge is 0.0765 e. The minimum atomic E-state index is 0.000984. The number of alkyl halides is 1. The van der Waals surface area contributed by atoms with Crippen LogP contribution in [0.1, 0.15) is 40.1 Å². The number of nitrogens with zero attached hydrogens (tertiary/aromatic N) is 1. The van der Waals surface area contributed by atoms with Crippen LogP contribution in [0.25, 0.3) is 0 Å². The summed E-state index contributed by atoms with van der Waals surface area (Å²) in [5.41, 5.74) is 7.68. The molecule has 2 rings (SSSR count). The van der Waals surface area contributed by atoms with Crippen molar-refractivity contribution in [2.75, 3.05) is 18.0 Å². The highest BCUT2D eigenvalue weighted by Gasteiger charge is 2.17. The fourth-order valence-corrected chi connectivity index (χ4v) is 3.72. The lowest BCUT2D eigenvalue weighted by atomic mass is 9.97. The van der Waals surface area contributed by atoms with Crippen molar-refractivity contribution < 1.29 is 0 Å². The van der Waals surface area contributed by atoms with Gasteiger partial charge >= 0.3 is 0 Å². The standard InChI is InChI=1S/C20H26ClN/c1-6-22(18-9-7-8-14(2)12-18)13-19(21)20-16(4)10-15(3)11-17(20)5/h7-12,19H,6,13H2,1-5H3. The third kappa shape index (κ3) is 3.84. The van der Waals surface area contributed by atoms with Crippen LogP contribution in [0.15, 0.2) is 36.4 Å². The predicted molar refractivity (Wildman–Crippen MR) is 98.3 cm³/mol. The summed E-state index contributed by atoms with van der Waals surface area (Å²) in [7, 11) is 0. The monoisotopic (exact) mass is 315 g/mol. The molecule has 2 aromatic rings. The topological polar surface area (TPSA) is 3.24 Å². The zero-order valence-electron chi connectivity index (χ0n) is 14.3. The fraction of sp³-hybridized carbons (Fsp3) is 0.400. The maximum atomic E-state index is 6.79. The van der Waals surface area contributed by atoms with E-state index in [0.717, 1.165) is 13.1 Å². The zero-order valence-corrected chi connectivity index (χ0v) is 15.0. The van der Waals surface area contributed by atoms with Gasteiger partial charge in [-0.3, -0.25) is 0 Å². The third-order valence-electron chi connectivity index (χ3n) is 4.18. The molecule has 0 aromatic heterocycles. The average Bonchev–Trinajstić information content (AvgIpc) is 2.43. The molecular weight excluding hydrogens is 290 g/mol. The molecule has 1 atom stereocenters. The van der Waals surface area contributed by atoms with Crippen molar-refractivity contribution >= 4 is 17.3 Å². The van der Waals surface area contributed by atoms with Crippen LogP contribution in [-0.4, -0.2) is 13.1 Å². The molecule has 0 saturated heterocycles. The Labute approximate surface area is 139 Å². The van der Waals surface area contributed by atoms with Crippen LogP contribution in [0.2, 0.25) is 0 Å². The normalized spacial score (nSPS) is 12.3. The Hall–Kier alpha value is -1.47. The van der Waals surface area contributed by atoms with E-state index in [-0.39, 0.29) is 5.38 Å². The average molecular weight is 316 g/mol. The molecule has 0 aliphatic rings. The maximum absolute atomic E-state index is 6.79. The van der Waals surface area contributed by atoms with E-state index in [1.807, 2.05) is 0 Å². The van der Waals surface area contributed by atoms with E-state index < -0.39 is 0 Å². The summed E-state index contributed by atoms with van der Waals surface area (Å²) in [6.45, 7) is 12.5. The molecule has 1 unspecified atom stereocenters. The molecule has 0 radical (unpaired) electrons. The first-order valence-electron chi connectivity index (χ1n) is 7.95.